The molecule has 0 aromatic heterocycles. The lowest BCUT2D eigenvalue weighted by Crippen LogP contribution is -2.39. The van der Waals surface area contributed by atoms with Gasteiger partial charge in [-0.1, -0.05) is 13.8 Å². The number of piperidine rings is 1. The summed E-state index contributed by atoms with van der Waals surface area (Å²) < 4.78 is 0. The Hall–Kier alpha value is -0.570. The minimum atomic E-state index is -0.121. The number of carbonyl (C=O) groups excluding carboxylic acids is 1. The van der Waals surface area contributed by atoms with Gasteiger partial charge in [0.2, 0.25) is 5.91 Å². The van der Waals surface area contributed by atoms with Crippen molar-refractivity contribution in [1.82, 2.24) is 4.90 Å². The molecule has 1 aliphatic rings. The molecule has 1 heterocycles. The van der Waals surface area contributed by atoms with Crippen LogP contribution in [0.1, 0.15) is 26.7 Å². The summed E-state index contributed by atoms with van der Waals surface area (Å²) >= 11 is 0. The summed E-state index contributed by atoms with van der Waals surface area (Å²) in [4.78, 5) is 13.3. The van der Waals surface area contributed by atoms with Gasteiger partial charge in [0.25, 0.3) is 0 Å². The summed E-state index contributed by atoms with van der Waals surface area (Å²) in [6.07, 6.45) is 1.89. The molecular weight excluding hydrogens is 164 g/mol. The average Bonchev–Trinajstić information content (AvgIpc) is 2.04. The van der Waals surface area contributed by atoms with Crippen molar-refractivity contribution in [3.8, 4) is 0 Å². The van der Waals surface area contributed by atoms with Crippen LogP contribution >= 0.6 is 0 Å². The van der Waals surface area contributed by atoms with Crippen LogP contribution in [-0.2, 0) is 4.79 Å². The average molecular weight is 184 g/mol. The molecule has 0 aromatic carbocycles. The van der Waals surface area contributed by atoms with Gasteiger partial charge in [-0.25, -0.2) is 0 Å². The van der Waals surface area contributed by atoms with Crippen LogP contribution in [0.15, 0.2) is 0 Å². The Bertz CT molecular complexity index is 172. The highest BCUT2D eigenvalue weighted by molar-refractivity contribution is 5.76. The van der Waals surface area contributed by atoms with E-state index in [0.29, 0.717) is 5.92 Å². The molecular formula is C10H20N2O. The summed E-state index contributed by atoms with van der Waals surface area (Å²) in [5.74, 6) is 0.720. The number of carbonyl (C=O) groups is 1. The van der Waals surface area contributed by atoms with E-state index in [9.17, 15) is 4.79 Å². The van der Waals surface area contributed by atoms with E-state index in [-0.39, 0.29) is 11.8 Å². The minimum Gasteiger partial charge on any atom is -0.369 e. The number of nitrogens with two attached hydrogens (primary N) is 1. The minimum absolute atomic E-state index is 0.121. The molecule has 76 valence electrons. The maximum absolute atomic E-state index is 10.9. The molecule has 1 saturated heterocycles. The van der Waals surface area contributed by atoms with Gasteiger partial charge in [-0.15, -0.1) is 0 Å². The third kappa shape index (κ3) is 3.35. The predicted octanol–water partition coefficient (Wildman–Crippen LogP) is 0.840. The van der Waals surface area contributed by atoms with Gasteiger partial charge in [-0.3, -0.25) is 4.79 Å². The van der Waals surface area contributed by atoms with Crippen LogP contribution < -0.4 is 5.73 Å². The van der Waals surface area contributed by atoms with E-state index < -0.39 is 0 Å². The summed E-state index contributed by atoms with van der Waals surface area (Å²) in [6.45, 7) is 7.66. The Morgan fingerprint density at radius 2 is 2.00 bits per heavy atom. The lowest BCUT2D eigenvalue weighted by atomic mass is 9.96. The second-order valence-corrected chi connectivity index (χ2v) is 4.37. The van der Waals surface area contributed by atoms with Crippen molar-refractivity contribution >= 4 is 5.91 Å². The molecule has 2 N–H and O–H groups in total. The van der Waals surface area contributed by atoms with E-state index in [1.807, 2.05) is 0 Å². The fourth-order valence-corrected chi connectivity index (χ4v) is 1.92. The summed E-state index contributed by atoms with van der Waals surface area (Å²) in [7, 11) is 0. The third-order valence-electron chi connectivity index (χ3n) is 2.61. The Morgan fingerprint density at radius 3 is 2.38 bits per heavy atom. The fourth-order valence-electron chi connectivity index (χ4n) is 1.92. The second-order valence-electron chi connectivity index (χ2n) is 4.37. The van der Waals surface area contributed by atoms with Gasteiger partial charge >= 0.3 is 0 Å². The number of rotatable bonds is 3. The zero-order chi connectivity index (χ0) is 9.84. The first-order chi connectivity index (χ1) is 6.09. The van der Waals surface area contributed by atoms with Crippen molar-refractivity contribution in [2.45, 2.75) is 26.7 Å². The summed E-state index contributed by atoms with van der Waals surface area (Å²) in [5.41, 5.74) is 5.26. The van der Waals surface area contributed by atoms with Crippen molar-refractivity contribution in [3.63, 3.8) is 0 Å². The SMILES string of the molecule is CC(C)CN1CCC(C(N)=O)CC1. The molecule has 1 rings (SSSR count). The van der Waals surface area contributed by atoms with Crippen LogP contribution in [0.5, 0.6) is 0 Å². The van der Waals surface area contributed by atoms with Crippen LogP contribution in [-0.4, -0.2) is 30.4 Å². The maximum Gasteiger partial charge on any atom is 0.220 e. The van der Waals surface area contributed by atoms with Gasteiger partial charge in [0.1, 0.15) is 0 Å². The van der Waals surface area contributed by atoms with E-state index in [1.165, 1.54) is 0 Å². The molecule has 13 heavy (non-hydrogen) atoms. The van der Waals surface area contributed by atoms with Crippen LogP contribution in [0.4, 0.5) is 0 Å². The molecule has 0 unspecified atom stereocenters. The van der Waals surface area contributed by atoms with Gasteiger partial charge in [0.05, 0.1) is 0 Å². The second kappa shape index (κ2) is 4.61. The third-order valence-corrected chi connectivity index (χ3v) is 2.61. The molecule has 0 aliphatic carbocycles. The number of nitrogens with zero attached hydrogens (tertiary/aromatic N) is 1. The summed E-state index contributed by atoms with van der Waals surface area (Å²) in [6, 6.07) is 0. The Kier molecular flexibility index (Phi) is 3.72. The van der Waals surface area contributed by atoms with Crippen LogP contribution in [0.3, 0.4) is 0 Å². The molecule has 0 bridgehead atoms. The first-order valence-corrected chi connectivity index (χ1v) is 5.11. The summed E-state index contributed by atoms with van der Waals surface area (Å²) in [5, 5.41) is 0. The number of likely N-dealkylation sites (tertiary alicyclic amines) is 1. The van der Waals surface area contributed by atoms with Crippen molar-refractivity contribution in [3.05, 3.63) is 0 Å². The molecule has 0 aromatic rings. The van der Waals surface area contributed by atoms with Crippen molar-refractivity contribution in [2.75, 3.05) is 19.6 Å². The Balaban J connectivity index is 2.26. The predicted molar refractivity (Wildman–Crippen MR) is 53.2 cm³/mol. The van der Waals surface area contributed by atoms with Gasteiger partial charge in [-0.2, -0.15) is 0 Å². The van der Waals surface area contributed by atoms with Crippen LogP contribution in [0.25, 0.3) is 0 Å². The normalized spacial score (nSPS) is 20.8. The van der Waals surface area contributed by atoms with Crippen LogP contribution in [0.2, 0.25) is 0 Å². The number of amides is 1. The fraction of sp³-hybridized carbons (Fsp3) is 0.900. The highest BCUT2D eigenvalue weighted by Gasteiger charge is 2.22. The highest BCUT2D eigenvalue weighted by atomic mass is 16.1. The molecule has 0 atom stereocenters. The van der Waals surface area contributed by atoms with E-state index in [0.717, 1.165) is 32.5 Å². The molecule has 3 nitrogen and oxygen atoms in total. The Labute approximate surface area is 80.3 Å². The first-order valence-electron chi connectivity index (χ1n) is 5.11. The zero-order valence-corrected chi connectivity index (χ0v) is 8.62. The molecule has 0 saturated carbocycles. The van der Waals surface area contributed by atoms with Gasteiger partial charge in [-0.05, 0) is 31.8 Å². The van der Waals surface area contributed by atoms with E-state index in [1.54, 1.807) is 0 Å². The maximum atomic E-state index is 10.9. The van der Waals surface area contributed by atoms with E-state index >= 15 is 0 Å². The van der Waals surface area contributed by atoms with E-state index in [2.05, 4.69) is 18.7 Å². The molecule has 1 amide bonds. The molecule has 1 fully saturated rings. The molecule has 1 aliphatic heterocycles. The zero-order valence-electron chi connectivity index (χ0n) is 8.62. The van der Waals surface area contributed by atoms with Crippen molar-refractivity contribution in [1.29, 1.82) is 0 Å². The topological polar surface area (TPSA) is 46.3 Å². The number of hydrogen-bond acceptors (Lipinski definition) is 2. The van der Waals surface area contributed by atoms with Gasteiger partial charge in [0, 0.05) is 12.5 Å². The molecule has 0 radical (unpaired) electrons. The quantitative estimate of drug-likeness (QED) is 0.706. The van der Waals surface area contributed by atoms with Gasteiger partial charge < -0.3 is 10.6 Å². The van der Waals surface area contributed by atoms with Crippen molar-refractivity contribution in [2.24, 2.45) is 17.6 Å². The molecule has 3 heteroatoms. The largest absolute Gasteiger partial charge is 0.369 e. The molecule has 0 spiro atoms. The smallest absolute Gasteiger partial charge is 0.220 e. The Morgan fingerprint density at radius 1 is 1.46 bits per heavy atom. The number of primary amides is 1. The highest BCUT2D eigenvalue weighted by Crippen LogP contribution is 2.17. The lowest BCUT2D eigenvalue weighted by molar-refractivity contribution is -0.123. The first kappa shape index (κ1) is 10.5. The lowest BCUT2D eigenvalue weighted by Gasteiger charge is -2.31. The number of hydrogen-bond donors (Lipinski definition) is 1. The standard InChI is InChI=1S/C10H20N2O/c1-8(2)7-12-5-3-9(4-6-12)10(11)13/h8-9H,3-7H2,1-2H3,(H2,11,13). The van der Waals surface area contributed by atoms with Gasteiger partial charge in [0.15, 0.2) is 0 Å². The van der Waals surface area contributed by atoms with E-state index in [4.69, 9.17) is 5.73 Å². The van der Waals surface area contributed by atoms with Crippen molar-refractivity contribution < 1.29 is 4.79 Å². The van der Waals surface area contributed by atoms with Crippen LogP contribution in [0, 0.1) is 11.8 Å². The monoisotopic (exact) mass is 184 g/mol.